The highest BCUT2D eigenvalue weighted by molar-refractivity contribution is 7.19. The predicted octanol–water partition coefficient (Wildman–Crippen LogP) is 4.62. The second kappa shape index (κ2) is 5.38. The quantitative estimate of drug-likeness (QED) is 0.853. The lowest BCUT2D eigenvalue weighted by atomic mass is 10.1. The van der Waals surface area contributed by atoms with Crippen molar-refractivity contribution in [3.8, 4) is 0 Å². The van der Waals surface area contributed by atoms with Crippen LogP contribution in [0.1, 0.15) is 31.2 Å². The molecule has 0 spiro atoms. The minimum atomic E-state index is 0.522. The van der Waals surface area contributed by atoms with Crippen LogP contribution in [0.5, 0.6) is 0 Å². The Morgan fingerprint density at radius 1 is 1.35 bits per heavy atom. The normalized spacial score (nSPS) is 11.6. The molecule has 0 radical (unpaired) electrons. The third-order valence-corrected chi connectivity index (χ3v) is 4.31. The fraction of sp³-hybridized carbons (Fsp3) is 0.429. The molecule has 2 rings (SSSR count). The third kappa shape index (κ3) is 2.82. The Labute approximate surface area is 112 Å². The first-order chi connectivity index (χ1) is 8.11. The number of aryl methyl sites for hydroxylation is 1. The summed E-state index contributed by atoms with van der Waals surface area (Å²) in [7, 11) is 0. The maximum atomic E-state index is 6.07. The molecule has 17 heavy (non-hydrogen) atoms. The second-order valence-corrected chi connectivity index (χ2v) is 6.11. The van der Waals surface area contributed by atoms with Crippen LogP contribution in [0.3, 0.4) is 0 Å². The highest BCUT2D eigenvalue weighted by atomic mass is 35.5. The van der Waals surface area contributed by atoms with Gasteiger partial charge in [0.1, 0.15) is 0 Å². The van der Waals surface area contributed by atoms with Crippen LogP contribution in [0, 0.1) is 0 Å². The average molecular weight is 268 g/mol. The highest BCUT2D eigenvalue weighted by Crippen LogP contribution is 2.33. The van der Waals surface area contributed by atoms with E-state index in [-0.39, 0.29) is 0 Å². The van der Waals surface area contributed by atoms with E-state index in [9.17, 15) is 0 Å². The molecule has 1 aromatic carbocycles. The second-order valence-electron chi connectivity index (χ2n) is 4.53. The molecule has 0 atom stereocenters. The van der Waals surface area contributed by atoms with E-state index in [4.69, 9.17) is 11.6 Å². The molecule has 1 heterocycles. The average Bonchev–Trinajstić information content (AvgIpc) is 2.63. The number of hydrogen-bond acceptors (Lipinski definition) is 2. The number of fused-ring (bicyclic) bond motifs is 1. The fourth-order valence-electron chi connectivity index (χ4n) is 2.00. The topological polar surface area (TPSA) is 12.0 Å². The van der Waals surface area contributed by atoms with Crippen molar-refractivity contribution in [3.05, 3.63) is 33.7 Å². The van der Waals surface area contributed by atoms with Crippen molar-refractivity contribution in [2.75, 3.05) is 0 Å². The molecule has 0 bridgehead atoms. The molecule has 0 unspecified atom stereocenters. The summed E-state index contributed by atoms with van der Waals surface area (Å²) in [4.78, 5) is 1.44. The van der Waals surface area contributed by atoms with E-state index in [2.05, 4.69) is 38.2 Å². The van der Waals surface area contributed by atoms with Crippen LogP contribution in [0.4, 0.5) is 0 Å². The van der Waals surface area contributed by atoms with E-state index in [1.165, 1.54) is 20.5 Å². The monoisotopic (exact) mass is 267 g/mol. The first-order valence-corrected chi connectivity index (χ1v) is 7.24. The Balaban J connectivity index is 2.41. The van der Waals surface area contributed by atoms with Crippen molar-refractivity contribution >= 4 is 33.0 Å². The van der Waals surface area contributed by atoms with E-state index in [0.717, 1.165) is 18.0 Å². The summed E-state index contributed by atoms with van der Waals surface area (Å²) in [5.41, 5.74) is 1.45. The lowest BCUT2D eigenvalue weighted by Crippen LogP contribution is -2.21. The van der Waals surface area contributed by atoms with Gasteiger partial charge in [0, 0.05) is 27.2 Å². The Bertz CT molecular complexity index is 516. The van der Waals surface area contributed by atoms with Crippen LogP contribution in [0.15, 0.2) is 18.2 Å². The fourth-order valence-corrected chi connectivity index (χ4v) is 3.40. The van der Waals surface area contributed by atoms with Crippen molar-refractivity contribution in [3.63, 3.8) is 0 Å². The van der Waals surface area contributed by atoms with Crippen molar-refractivity contribution in [1.82, 2.24) is 5.32 Å². The van der Waals surface area contributed by atoms with Gasteiger partial charge in [-0.3, -0.25) is 0 Å². The van der Waals surface area contributed by atoms with E-state index in [1.54, 1.807) is 0 Å². The van der Waals surface area contributed by atoms with Gasteiger partial charge in [0.05, 0.1) is 0 Å². The minimum Gasteiger partial charge on any atom is -0.310 e. The van der Waals surface area contributed by atoms with Crippen LogP contribution >= 0.6 is 22.9 Å². The van der Waals surface area contributed by atoms with Crippen LogP contribution in [-0.2, 0) is 13.0 Å². The van der Waals surface area contributed by atoms with Gasteiger partial charge in [-0.25, -0.2) is 0 Å². The summed E-state index contributed by atoms with van der Waals surface area (Å²) >= 11 is 7.95. The van der Waals surface area contributed by atoms with Crippen LogP contribution < -0.4 is 5.32 Å². The Morgan fingerprint density at radius 3 is 2.76 bits per heavy atom. The summed E-state index contributed by atoms with van der Waals surface area (Å²) in [6.45, 7) is 7.52. The molecule has 92 valence electrons. The van der Waals surface area contributed by atoms with Gasteiger partial charge in [-0.1, -0.05) is 32.4 Å². The number of benzene rings is 1. The molecule has 0 fully saturated rings. The number of halogens is 1. The van der Waals surface area contributed by atoms with Gasteiger partial charge in [0.25, 0.3) is 0 Å². The van der Waals surface area contributed by atoms with Gasteiger partial charge in [0.2, 0.25) is 0 Å². The molecule has 3 heteroatoms. The van der Waals surface area contributed by atoms with E-state index < -0.39 is 0 Å². The summed E-state index contributed by atoms with van der Waals surface area (Å²) < 4.78 is 1.34. The van der Waals surface area contributed by atoms with Gasteiger partial charge >= 0.3 is 0 Å². The van der Waals surface area contributed by atoms with Crippen molar-refractivity contribution in [1.29, 1.82) is 0 Å². The van der Waals surface area contributed by atoms with Gasteiger partial charge < -0.3 is 5.32 Å². The summed E-state index contributed by atoms with van der Waals surface area (Å²) in [6.07, 6.45) is 1.06. The molecule has 0 aliphatic heterocycles. The zero-order valence-electron chi connectivity index (χ0n) is 10.5. The third-order valence-electron chi connectivity index (χ3n) is 2.86. The maximum absolute atomic E-state index is 6.07. The molecule has 2 aromatic rings. The number of thiophene rings is 1. The van der Waals surface area contributed by atoms with Gasteiger partial charge in [-0.05, 0) is 35.6 Å². The van der Waals surface area contributed by atoms with Gasteiger partial charge in [-0.15, -0.1) is 11.3 Å². The summed E-state index contributed by atoms with van der Waals surface area (Å²) in [5, 5.41) is 5.64. The van der Waals surface area contributed by atoms with Crippen molar-refractivity contribution in [2.24, 2.45) is 0 Å². The van der Waals surface area contributed by atoms with Crippen LogP contribution in [-0.4, -0.2) is 6.04 Å². The Kier molecular flexibility index (Phi) is 4.08. The molecule has 0 saturated heterocycles. The molecule has 1 aromatic heterocycles. The van der Waals surface area contributed by atoms with Crippen molar-refractivity contribution in [2.45, 2.75) is 39.8 Å². The largest absolute Gasteiger partial charge is 0.310 e. The molecular weight excluding hydrogens is 250 g/mol. The lowest BCUT2D eigenvalue weighted by Gasteiger charge is -2.07. The number of rotatable bonds is 4. The standard InChI is InChI=1S/C14H18ClNS/c1-4-11-12-7-10(15)5-6-13(12)17-14(11)8-16-9(2)3/h5-7,9,16H,4,8H2,1-3H3. The molecule has 0 aliphatic carbocycles. The Hall–Kier alpha value is -0.570. The molecular formula is C14H18ClNS. The van der Waals surface area contributed by atoms with Gasteiger partial charge in [0.15, 0.2) is 0 Å². The van der Waals surface area contributed by atoms with Crippen molar-refractivity contribution < 1.29 is 0 Å². The van der Waals surface area contributed by atoms with Crippen LogP contribution in [0.2, 0.25) is 5.02 Å². The molecule has 1 nitrogen and oxygen atoms in total. The van der Waals surface area contributed by atoms with E-state index >= 15 is 0 Å². The Morgan fingerprint density at radius 2 is 2.12 bits per heavy atom. The molecule has 1 N–H and O–H groups in total. The first kappa shape index (κ1) is 12.9. The lowest BCUT2D eigenvalue weighted by molar-refractivity contribution is 0.591. The predicted molar refractivity (Wildman–Crippen MR) is 78.2 cm³/mol. The van der Waals surface area contributed by atoms with E-state index in [1.807, 2.05) is 17.4 Å². The van der Waals surface area contributed by atoms with Gasteiger partial charge in [-0.2, -0.15) is 0 Å². The smallest absolute Gasteiger partial charge is 0.0413 e. The molecule has 0 saturated carbocycles. The van der Waals surface area contributed by atoms with E-state index in [0.29, 0.717) is 6.04 Å². The molecule has 0 aliphatic rings. The summed E-state index contributed by atoms with van der Waals surface area (Å²) in [6, 6.07) is 6.71. The number of nitrogens with one attached hydrogen (secondary N) is 1. The SMILES string of the molecule is CCc1c(CNC(C)C)sc2ccc(Cl)cc12. The zero-order valence-corrected chi connectivity index (χ0v) is 12.1. The summed E-state index contributed by atoms with van der Waals surface area (Å²) in [5.74, 6) is 0. The maximum Gasteiger partial charge on any atom is 0.0413 e. The minimum absolute atomic E-state index is 0.522. The first-order valence-electron chi connectivity index (χ1n) is 6.05. The highest BCUT2D eigenvalue weighted by Gasteiger charge is 2.11. The van der Waals surface area contributed by atoms with Crippen LogP contribution in [0.25, 0.3) is 10.1 Å². The molecule has 0 amide bonds. The number of hydrogen-bond donors (Lipinski definition) is 1. The zero-order chi connectivity index (χ0) is 12.4.